The summed E-state index contributed by atoms with van der Waals surface area (Å²) in [6.07, 6.45) is 2.92. The molecule has 0 saturated carbocycles. The van der Waals surface area contributed by atoms with E-state index in [2.05, 4.69) is 15.3 Å². The van der Waals surface area contributed by atoms with Gasteiger partial charge in [0.2, 0.25) is 5.91 Å². The van der Waals surface area contributed by atoms with Crippen LogP contribution >= 0.6 is 11.3 Å². The van der Waals surface area contributed by atoms with Gasteiger partial charge in [-0.25, -0.2) is 9.97 Å². The normalized spacial score (nSPS) is 14.6. The van der Waals surface area contributed by atoms with Crippen molar-refractivity contribution in [2.45, 2.75) is 19.8 Å². The Balaban J connectivity index is 1.34. The number of nitrogens with zero attached hydrogens (tertiary/aromatic N) is 3. The van der Waals surface area contributed by atoms with E-state index in [0.29, 0.717) is 37.4 Å². The van der Waals surface area contributed by atoms with Gasteiger partial charge in [-0.3, -0.25) is 9.59 Å². The number of hydrogen-bond donors (Lipinski definition) is 1. The van der Waals surface area contributed by atoms with E-state index in [1.165, 1.54) is 16.9 Å². The molecule has 1 aliphatic rings. The van der Waals surface area contributed by atoms with Crippen LogP contribution in [0.1, 0.15) is 28.9 Å². The van der Waals surface area contributed by atoms with Crippen molar-refractivity contribution in [3.8, 4) is 10.6 Å². The molecule has 1 fully saturated rings. The lowest BCUT2D eigenvalue weighted by Crippen LogP contribution is -2.41. The molecular formula is C22H22N4O2S. The van der Waals surface area contributed by atoms with Crippen molar-refractivity contribution in [1.29, 1.82) is 0 Å². The fourth-order valence-corrected chi connectivity index (χ4v) is 4.17. The van der Waals surface area contributed by atoms with Gasteiger partial charge < -0.3 is 10.2 Å². The summed E-state index contributed by atoms with van der Waals surface area (Å²) in [5.74, 6) is 0.344. The fraction of sp³-hybridized carbons (Fsp3) is 0.273. The minimum Gasteiger partial charge on any atom is -0.337 e. The average molecular weight is 407 g/mol. The van der Waals surface area contributed by atoms with Gasteiger partial charge in [-0.15, -0.1) is 11.3 Å². The van der Waals surface area contributed by atoms with Crippen LogP contribution in [-0.2, 0) is 4.79 Å². The molecule has 0 spiro atoms. The highest BCUT2D eigenvalue weighted by molar-refractivity contribution is 7.13. The molecule has 1 saturated heterocycles. The van der Waals surface area contributed by atoms with Crippen LogP contribution < -0.4 is 5.32 Å². The van der Waals surface area contributed by atoms with Crippen molar-refractivity contribution < 1.29 is 9.59 Å². The number of carbonyl (C=O) groups excluding carboxylic acids is 2. The van der Waals surface area contributed by atoms with Crippen LogP contribution in [0.5, 0.6) is 0 Å². The molecule has 148 valence electrons. The van der Waals surface area contributed by atoms with Crippen molar-refractivity contribution in [3.63, 3.8) is 0 Å². The van der Waals surface area contributed by atoms with Crippen LogP contribution in [-0.4, -0.2) is 39.8 Å². The number of amides is 2. The molecule has 2 aromatic heterocycles. The van der Waals surface area contributed by atoms with Crippen LogP contribution in [0.3, 0.4) is 0 Å². The lowest BCUT2D eigenvalue weighted by molar-refractivity contribution is -0.121. The van der Waals surface area contributed by atoms with Crippen molar-refractivity contribution in [3.05, 3.63) is 65.3 Å². The number of hydrogen-bond acceptors (Lipinski definition) is 5. The van der Waals surface area contributed by atoms with E-state index in [-0.39, 0.29) is 17.7 Å². The molecule has 6 nitrogen and oxygen atoms in total. The van der Waals surface area contributed by atoms with E-state index in [1.807, 2.05) is 48.7 Å². The second kappa shape index (κ2) is 8.53. The summed E-state index contributed by atoms with van der Waals surface area (Å²) in [4.78, 5) is 35.7. The SMILES string of the molecule is Cc1ccc(-c2nc(C(=O)N3CCC(C(=O)Nc4ccccn4)CC3)cs2)cc1. The van der Waals surface area contributed by atoms with Gasteiger partial charge in [-0.05, 0) is 31.9 Å². The largest absolute Gasteiger partial charge is 0.337 e. The summed E-state index contributed by atoms with van der Waals surface area (Å²) >= 11 is 1.48. The number of aryl methyl sites for hydroxylation is 1. The first-order chi connectivity index (χ1) is 14.1. The molecule has 7 heteroatoms. The summed E-state index contributed by atoms with van der Waals surface area (Å²) in [6, 6.07) is 13.5. The predicted octanol–water partition coefficient (Wildman–Crippen LogP) is 4.00. The Morgan fingerprint density at radius 3 is 2.55 bits per heavy atom. The van der Waals surface area contributed by atoms with E-state index in [9.17, 15) is 9.59 Å². The number of carbonyl (C=O) groups is 2. The van der Waals surface area contributed by atoms with E-state index >= 15 is 0 Å². The lowest BCUT2D eigenvalue weighted by atomic mass is 9.95. The van der Waals surface area contributed by atoms with Gasteiger partial charge in [0.15, 0.2) is 0 Å². The van der Waals surface area contributed by atoms with Gasteiger partial charge in [0.05, 0.1) is 0 Å². The molecule has 29 heavy (non-hydrogen) atoms. The molecule has 0 unspecified atom stereocenters. The van der Waals surface area contributed by atoms with Crippen LogP contribution in [0.15, 0.2) is 54.0 Å². The first-order valence-corrected chi connectivity index (χ1v) is 10.5. The molecule has 0 atom stereocenters. The zero-order valence-corrected chi connectivity index (χ0v) is 17.0. The van der Waals surface area contributed by atoms with Crippen molar-refractivity contribution in [2.75, 3.05) is 18.4 Å². The quantitative estimate of drug-likeness (QED) is 0.710. The van der Waals surface area contributed by atoms with Gasteiger partial charge >= 0.3 is 0 Å². The zero-order chi connectivity index (χ0) is 20.2. The molecule has 2 amide bonds. The Kier molecular flexibility index (Phi) is 5.67. The first kappa shape index (κ1) is 19.3. The molecule has 0 aliphatic carbocycles. The number of rotatable bonds is 4. The molecule has 3 aromatic rings. The topological polar surface area (TPSA) is 75.2 Å². The smallest absolute Gasteiger partial charge is 0.273 e. The zero-order valence-electron chi connectivity index (χ0n) is 16.2. The predicted molar refractivity (Wildman–Crippen MR) is 114 cm³/mol. The standard InChI is InChI=1S/C22H22N4O2S/c1-15-5-7-17(8-6-15)21-24-18(14-29-21)22(28)26-12-9-16(10-13-26)20(27)25-19-4-2-3-11-23-19/h2-8,11,14,16H,9-10,12-13H2,1H3,(H,23,25,27). The highest BCUT2D eigenvalue weighted by atomic mass is 32.1. The Labute approximate surface area is 173 Å². The lowest BCUT2D eigenvalue weighted by Gasteiger charge is -2.30. The third-order valence-corrected chi connectivity index (χ3v) is 5.98. The monoisotopic (exact) mass is 406 g/mol. The molecule has 0 bridgehead atoms. The van der Waals surface area contributed by atoms with Crippen LogP contribution in [0.4, 0.5) is 5.82 Å². The van der Waals surface area contributed by atoms with Gasteiger partial charge in [0.25, 0.3) is 5.91 Å². The Morgan fingerprint density at radius 1 is 1.10 bits per heavy atom. The maximum Gasteiger partial charge on any atom is 0.273 e. The number of aromatic nitrogens is 2. The Hall–Kier alpha value is -3.06. The van der Waals surface area contributed by atoms with Crippen LogP contribution in [0.25, 0.3) is 10.6 Å². The average Bonchev–Trinajstić information content (AvgIpc) is 3.25. The van der Waals surface area contributed by atoms with Crippen molar-refractivity contribution in [1.82, 2.24) is 14.9 Å². The van der Waals surface area contributed by atoms with E-state index in [0.717, 1.165) is 10.6 Å². The maximum absolute atomic E-state index is 12.8. The second-order valence-corrected chi connectivity index (χ2v) is 8.03. The van der Waals surface area contributed by atoms with Gasteiger partial charge in [0, 0.05) is 36.1 Å². The number of anilines is 1. The summed E-state index contributed by atoms with van der Waals surface area (Å²) in [6.45, 7) is 3.15. The number of thiazole rings is 1. The second-order valence-electron chi connectivity index (χ2n) is 7.17. The van der Waals surface area contributed by atoms with Gasteiger partial charge in [-0.1, -0.05) is 35.9 Å². The number of nitrogens with one attached hydrogen (secondary N) is 1. The summed E-state index contributed by atoms with van der Waals surface area (Å²) in [5.41, 5.74) is 2.68. The molecular weight excluding hydrogens is 384 g/mol. The summed E-state index contributed by atoms with van der Waals surface area (Å²) < 4.78 is 0. The van der Waals surface area contributed by atoms with E-state index in [4.69, 9.17) is 0 Å². The third-order valence-electron chi connectivity index (χ3n) is 5.09. The molecule has 1 N–H and O–H groups in total. The molecule has 1 aromatic carbocycles. The number of likely N-dealkylation sites (tertiary alicyclic amines) is 1. The number of piperidine rings is 1. The van der Waals surface area contributed by atoms with Crippen molar-refractivity contribution >= 4 is 29.0 Å². The van der Waals surface area contributed by atoms with Gasteiger partial charge in [0.1, 0.15) is 16.5 Å². The minimum absolute atomic E-state index is 0.0360. The Morgan fingerprint density at radius 2 is 1.86 bits per heavy atom. The van der Waals surface area contributed by atoms with Crippen LogP contribution in [0.2, 0.25) is 0 Å². The highest BCUT2D eigenvalue weighted by Gasteiger charge is 2.29. The first-order valence-electron chi connectivity index (χ1n) is 9.64. The molecule has 1 aliphatic heterocycles. The number of benzene rings is 1. The highest BCUT2D eigenvalue weighted by Crippen LogP contribution is 2.26. The fourth-order valence-electron chi connectivity index (χ4n) is 3.37. The summed E-state index contributed by atoms with van der Waals surface area (Å²) in [5, 5.41) is 5.51. The molecule has 0 radical (unpaired) electrons. The Bertz CT molecular complexity index is 993. The van der Waals surface area contributed by atoms with Gasteiger partial charge in [-0.2, -0.15) is 0 Å². The number of pyridine rings is 1. The maximum atomic E-state index is 12.8. The summed E-state index contributed by atoms with van der Waals surface area (Å²) in [7, 11) is 0. The van der Waals surface area contributed by atoms with E-state index < -0.39 is 0 Å². The third kappa shape index (κ3) is 4.51. The van der Waals surface area contributed by atoms with Crippen LogP contribution in [0, 0.1) is 12.8 Å². The van der Waals surface area contributed by atoms with E-state index in [1.54, 1.807) is 17.2 Å². The minimum atomic E-state index is -0.111. The van der Waals surface area contributed by atoms with Crippen molar-refractivity contribution in [2.24, 2.45) is 5.92 Å². The molecule has 4 rings (SSSR count). The molecule has 3 heterocycles.